The number of carbonyl (C=O) groups is 2. The number of anilines is 1. The second kappa shape index (κ2) is 7.53. The molecular weight excluding hydrogens is 346 g/mol. The SMILES string of the molecule is C=CC(=O)NCC1CCNc2c(C(N)=O)c(-c3ccc(C)c(OC)c3)nn21. The van der Waals surface area contributed by atoms with Gasteiger partial charge in [0.1, 0.15) is 22.8 Å². The Labute approximate surface area is 157 Å². The van der Waals surface area contributed by atoms with Gasteiger partial charge in [-0.15, -0.1) is 0 Å². The van der Waals surface area contributed by atoms with Crippen LogP contribution in [0.2, 0.25) is 0 Å². The minimum absolute atomic E-state index is 0.0932. The van der Waals surface area contributed by atoms with Gasteiger partial charge in [-0.05, 0) is 31.1 Å². The summed E-state index contributed by atoms with van der Waals surface area (Å²) in [6.07, 6.45) is 1.98. The van der Waals surface area contributed by atoms with Gasteiger partial charge in [-0.2, -0.15) is 5.10 Å². The number of primary amides is 1. The smallest absolute Gasteiger partial charge is 0.254 e. The number of hydrogen-bond acceptors (Lipinski definition) is 5. The lowest BCUT2D eigenvalue weighted by molar-refractivity contribution is -0.116. The fourth-order valence-corrected chi connectivity index (χ4v) is 3.23. The van der Waals surface area contributed by atoms with E-state index in [1.54, 1.807) is 11.8 Å². The van der Waals surface area contributed by atoms with Crippen LogP contribution in [-0.2, 0) is 4.79 Å². The van der Waals surface area contributed by atoms with Crippen LogP contribution < -0.4 is 21.1 Å². The molecule has 1 aliphatic rings. The third kappa shape index (κ3) is 3.51. The van der Waals surface area contributed by atoms with Gasteiger partial charge in [0.15, 0.2) is 0 Å². The van der Waals surface area contributed by atoms with E-state index >= 15 is 0 Å². The third-order valence-corrected chi connectivity index (χ3v) is 4.65. The number of carbonyl (C=O) groups excluding carboxylic acids is 2. The van der Waals surface area contributed by atoms with E-state index in [0.29, 0.717) is 35.9 Å². The average Bonchev–Trinajstić information content (AvgIpc) is 3.06. The highest BCUT2D eigenvalue weighted by molar-refractivity contribution is 6.04. The first-order valence-corrected chi connectivity index (χ1v) is 8.67. The summed E-state index contributed by atoms with van der Waals surface area (Å²) in [6.45, 7) is 6.43. The number of nitrogens with zero attached hydrogens (tertiary/aromatic N) is 2. The Morgan fingerprint density at radius 1 is 1.52 bits per heavy atom. The summed E-state index contributed by atoms with van der Waals surface area (Å²) in [4.78, 5) is 23.7. The molecule has 0 fully saturated rings. The summed E-state index contributed by atoms with van der Waals surface area (Å²) in [6, 6.07) is 5.54. The number of amides is 2. The van der Waals surface area contributed by atoms with Gasteiger partial charge >= 0.3 is 0 Å². The predicted molar refractivity (Wildman–Crippen MR) is 103 cm³/mol. The van der Waals surface area contributed by atoms with Crippen molar-refractivity contribution in [2.75, 3.05) is 25.5 Å². The number of benzene rings is 1. The van der Waals surface area contributed by atoms with E-state index in [9.17, 15) is 9.59 Å². The first kappa shape index (κ1) is 18.5. The number of aromatic nitrogens is 2. The third-order valence-electron chi connectivity index (χ3n) is 4.65. The van der Waals surface area contributed by atoms with Crippen molar-refractivity contribution in [1.82, 2.24) is 15.1 Å². The van der Waals surface area contributed by atoms with E-state index < -0.39 is 5.91 Å². The summed E-state index contributed by atoms with van der Waals surface area (Å²) >= 11 is 0. The molecule has 8 heteroatoms. The highest BCUT2D eigenvalue weighted by atomic mass is 16.5. The Morgan fingerprint density at radius 2 is 2.30 bits per heavy atom. The molecule has 2 heterocycles. The van der Waals surface area contributed by atoms with Crippen molar-refractivity contribution in [1.29, 1.82) is 0 Å². The molecule has 0 bridgehead atoms. The number of hydrogen-bond donors (Lipinski definition) is 3. The molecule has 0 saturated heterocycles. The molecule has 0 aliphatic carbocycles. The topological polar surface area (TPSA) is 111 Å². The Morgan fingerprint density at radius 3 is 2.96 bits per heavy atom. The average molecular weight is 369 g/mol. The molecule has 1 unspecified atom stereocenters. The van der Waals surface area contributed by atoms with Gasteiger partial charge in [-0.25, -0.2) is 4.68 Å². The fraction of sp³-hybridized carbons (Fsp3) is 0.316. The molecule has 142 valence electrons. The Hall–Kier alpha value is -3.29. The Balaban J connectivity index is 2.06. The largest absolute Gasteiger partial charge is 0.496 e. The van der Waals surface area contributed by atoms with Crippen LogP contribution in [-0.4, -0.2) is 41.8 Å². The van der Waals surface area contributed by atoms with E-state index in [1.165, 1.54) is 6.08 Å². The van der Waals surface area contributed by atoms with Crippen molar-refractivity contribution < 1.29 is 14.3 Å². The lowest BCUT2D eigenvalue weighted by Gasteiger charge is -2.26. The van der Waals surface area contributed by atoms with Crippen LogP contribution in [0.3, 0.4) is 0 Å². The number of ether oxygens (including phenoxy) is 1. The number of nitrogens with one attached hydrogen (secondary N) is 2. The van der Waals surface area contributed by atoms with Gasteiger partial charge in [0, 0.05) is 18.7 Å². The normalized spacial score (nSPS) is 15.4. The monoisotopic (exact) mass is 369 g/mol. The molecule has 1 atom stereocenters. The van der Waals surface area contributed by atoms with E-state index in [-0.39, 0.29) is 11.9 Å². The summed E-state index contributed by atoms with van der Waals surface area (Å²) in [5, 5.41) is 10.6. The second-order valence-corrected chi connectivity index (χ2v) is 6.38. The minimum atomic E-state index is -0.561. The molecule has 0 radical (unpaired) electrons. The quantitative estimate of drug-likeness (QED) is 0.670. The Kier molecular flexibility index (Phi) is 5.16. The van der Waals surface area contributed by atoms with Gasteiger partial charge in [-0.3, -0.25) is 9.59 Å². The molecule has 0 spiro atoms. The molecule has 1 aromatic heterocycles. The zero-order valence-electron chi connectivity index (χ0n) is 15.4. The molecule has 3 rings (SSSR count). The molecular formula is C19H23N5O3. The maximum absolute atomic E-state index is 12.2. The molecule has 8 nitrogen and oxygen atoms in total. The maximum Gasteiger partial charge on any atom is 0.254 e. The summed E-state index contributed by atoms with van der Waals surface area (Å²) < 4.78 is 7.12. The highest BCUT2D eigenvalue weighted by Gasteiger charge is 2.30. The lowest BCUT2D eigenvalue weighted by Crippen LogP contribution is -2.34. The minimum Gasteiger partial charge on any atom is -0.496 e. The lowest BCUT2D eigenvalue weighted by atomic mass is 10.0. The second-order valence-electron chi connectivity index (χ2n) is 6.38. The maximum atomic E-state index is 12.2. The standard InChI is InChI=1S/C19H23N5O3/c1-4-15(25)22-10-13-7-8-21-19-16(18(20)26)17(23-24(13)19)12-6-5-11(2)14(9-12)27-3/h4-6,9,13,21H,1,7-8,10H2,2-3H3,(H2,20,26)(H,22,25). The van der Waals surface area contributed by atoms with Crippen molar-refractivity contribution in [3.63, 3.8) is 0 Å². The molecule has 27 heavy (non-hydrogen) atoms. The van der Waals surface area contributed by atoms with E-state index in [1.807, 2.05) is 25.1 Å². The number of rotatable bonds is 6. The van der Waals surface area contributed by atoms with Crippen molar-refractivity contribution in [2.24, 2.45) is 5.73 Å². The molecule has 2 amide bonds. The molecule has 2 aromatic rings. The Bertz CT molecular complexity index is 903. The number of fused-ring (bicyclic) bond motifs is 1. The summed E-state index contributed by atoms with van der Waals surface area (Å²) in [7, 11) is 1.60. The van der Waals surface area contributed by atoms with Crippen LogP contribution in [0.1, 0.15) is 28.4 Å². The first-order valence-electron chi connectivity index (χ1n) is 8.67. The predicted octanol–water partition coefficient (Wildman–Crippen LogP) is 1.62. The molecule has 1 aliphatic heterocycles. The van der Waals surface area contributed by atoms with E-state index in [4.69, 9.17) is 10.5 Å². The van der Waals surface area contributed by atoms with E-state index in [2.05, 4.69) is 22.3 Å². The van der Waals surface area contributed by atoms with Gasteiger partial charge in [0.25, 0.3) is 5.91 Å². The zero-order chi connectivity index (χ0) is 19.6. The van der Waals surface area contributed by atoms with Gasteiger partial charge in [0.2, 0.25) is 5.91 Å². The molecule has 4 N–H and O–H groups in total. The van der Waals surface area contributed by atoms with Crippen LogP contribution >= 0.6 is 0 Å². The van der Waals surface area contributed by atoms with Crippen LogP contribution in [0.25, 0.3) is 11.3 Å². The fourth-order valence-electron chi connectivity index (χ4n) is 3.23. The van der Waals surface area contributed by atoms with Crippen LogP contribution in [0.5, 0.6) is 5.75 Å². The first-order chi connectivity index (χ1) is 13.0. The zero-order valence-corrected chi connectivity index (χ0v) is 15.4. The van der Waals surface area contributed by atoms with Crippen molar-refractivity contribution in [2.45, 2.75) is 19.4 Å². The van der Waals surface area contributed by atoms with Crippen molar-refractivity contribution >= 4 is 17.6 Å². The number of methoxy groups -OCH3 is 1. The van der Waals surface area contributed by atoms with Crippen LogP contribution in [0.4, 0.5) is 5.82 Å². The van der Waals surface area contributed by atoms with Gasteiger partial charge in [0.05, 0.1) is 13.2 Å². The van der Waals surface area contributed by atoms with Crippen LogP contribution in [0.15, 0.2) is 30.9 Å². The molecule has 1 aromatic carbocycles. The van der Waals surface area contributed by atoms with Crippen molar-refractivity contribution in [3.8, 4) is 17.0 Å². The summed E-state index contributed by atoms with van der Waals surface area (Å²) in [5.74, 6) is 0.465. The van der Waals surface area contributed by atoms with Gasteiger partial charge < -0.3 is 21.1 Å². The van der Waals surface area contributed by atoms with Crippen LogP contribution in [0, 0.1) is 6.92 Å². The van der Waals surface area contributed by atoms with E-state index in [0.717, 1.165) is 17.5 Å². The highest BCUT2D eigenvalue weighted by Crippen LogP contribution is 2.35. The van der Waals surface area contributed by atoms with Gasteiger partial charge in [-0.1, -0.05) is 18.7 Å². The molecule has 0 saturated carbocycles. The van der Waals surface area contributed by atoms with Crippen molar-refractivity contribution in [3.05, 3.63) is 42.0 Å². The number of nitrogens with two attached hydrogens (primary N) is 1. The summed E-state index contributed by atoms with van der Waals surface area (Å²) in [5.41, 5.74) is 8.21. The number of aryl methyl sites for hydroxylation is 1.